The lowest BCUT2D eigenvalue weighted by Crippen LogP contribution is -2.20. The molecule has 4 nitrogen and oxygen atoms in total. The van der Waals surface area contributed by atoms with Crippen LogP contribution in [0.25, 0.3) is 11.1 Å². The second kappa shape index (κ2) is 5.33. The number of pyridine rings is 1. The van der Waals surface area contributed by atoms with E-state index in [0.717, 1.165) is 36.0 Å². The van der Waals surface area contributed by atoms with E-state index in [-0.39, 0.29) is 6.10 Å². The van der Waals surface area contributed by atoms with Crippen LogP contribution in [0.3, 0.4) is 0 Å². The van der Waals surface area contributed by atoms with Gasteiger partial charge in [-0.2, -0.15) is 0 Å². The van der Waals surface area contributed by atoms with E-state index >= 15 is 0 Å². The van der Waals surface area contributed by atoms with E-state index in [1.807, 2.05) is 12.1 Å². The molecule has 0 spiro atoms. The Hall–Kier alpha value is -2.36. The predicted octanol–water partition coefficient (Wildman–Crippen LogP) is 3.22. The van der Waals surface area contributed by atoms with Gasteiger partial charge in [-0.05, 0) is 59.7 Å². The van der Waals surface area contributed by atoms with Crippen molar-refractivity contribution in [3.63, 3.8) is 0 Å². The van der Waals surface area contributed by atoms with Crippen LogP contribution in [0.5, 0.6) is 0 Å². The average Bonchev–Trinajstić information content (AvgIpc) is 2.47. The number of rotatable bonds is 2. The molecule has 0 radical (unpaired) electrons. The monoisotopic (exact) mass is 268 g/mol. The average molecular weight is 268 g/mol. The molecule has 2 N–H and O–H groups in total. The zero-order chi connectivity index (χ0) is 13.9. The summed E-state index contributed by atoms with van der Waals surface area (Å²) in [5, 5.41) is 0. The Morgan fingerprint density at radius 2 is 2.00 bits per heavy atom. The van der Waals surface area contributed by atoms with E-state index in [9.17, 15) is 4.79 Å². The van der Waals surface area contributed by atoms with Crippen molar-refractivity contribution >= 4 is 6.09 Å². The van der Waals surface area contributed by atoms with Crippen LogP contribution >= 0.6 is 0 Å². The molecule has 102 valence electrons. The highest BCUT2D eigenvalue weighted by molar-refractivity contribution is 5.67. The molecular weight excluding hydrogens is 252 g/mol. The van der Waals surface area contributed by atoms with Gasteiger partial charge in [0, 0.05) is 12.4 Å². The molecule has 1 aliphatic carbocycles. The third-order valence-corrected chi connectivity index (χ3v) is 3.68. The highest BCUT2D eigenvalue weighted by Crippen LogP contribution is 2.35. The van der Waals surface area contributed by atoms with E-state index in [1.165, 1.54) is 5.56 Å². The smallest absolute Gasteiger partial charge is 0.405 e. The molecule has 0 fully saturated rings. The number of aryl methyl sites for hydroxylation is 1. The number of hydrogen-bond donors (Lipinski definition) is 1. The molecule has 2 aromatic rings. The molecule has 3 rings (SSSR count). The van der Waals surface area contributed by atoms with Gasteiger partial charge in [-0.3, -0.25) is 4.98 Å². The Morgan fingerprint density at radius 3 is 2.75 bits per heavy atom. The number of fused-ring (bicyclic) bond motifs is 1. The summed E-state index contributed by atoms with van der Waals surface area (Å²) in [5.74, 6) is 0. The standard InChI is InChI=1S/C16H16N2O2/c17-16(19)20-15-3-1-2-12-4-5-13(10-14(12)15)11-6-8-18-9-7-11/h4-10,15H,1-3H2,(H2,17,19). The number of hydrogen-bond acceptors (Lipinski definition) is 3. The molecule has 1 unspecified atom stereocenters. The van der Waals surface area contributed by atoms with Crippen LogP contribution in [0.15, 0.2) is 42.7 Å². The van der Waals surface area contributed by atoms with E-state index in [2.05, 4.69) is 23.2 Å². The van der Waals surface area contributed by atoms with Crippen molar-refractivity contribution in [2.75, 3.05) is 0 Å². The van der Waals surface area contributed by atoms with Gasteiger partial charge < -0.3 is 10.5 Å². The summed E-state index contributed by atoms with van der Waals surface area (Å²) in [6.45, 7) is 0. The molecule has 4 heteroatoms. The number of benzene rings is 1. The zero-order valence-corrected chi connectivity index (χ0v) is 11.1. The fourth-order valence-electron chi connectivity index (χ4n) is 2.74. The summed E-state index contributed by atoms with van der Waals surface area (Å²) in [6, 6.07) is 10.2. The minimum Gasteiger partial charge on any atom is -0.442 e. The second-order valence-corrected chi connectivity index (χ2v) is 4.97. The summed E-state index contributed by atoms with van der Waals surface area (Å²) in [6.07, 6.45) is 5.47. The maximum absolute atomic E-state index is 11.0. The van der Waals surface area contributed by atoms with Crippen LogP contribution in [0.1, 0.15) is 30.1 Å². The summed E-state index contributed by atoms with van der Waals surface area (Å²) < 4.78 is 5.24. The van der Waals surface area contributed by atoms with Crippen LogP contribution in [-0.4, -0.2) is 11.1 Å². The number of carbonyl (C=O) groups is 1. The zero-order valence-electron chi connectivity index (χ0n) is 11.1. The molecule has 0 aliphatic heterocycles. The lowest BCUT2D eigenvalue weighted by atomic mass is 9.87. The first kappa shape index (κ1) is 12.7. The molecule has 0 saturated heterocycles. The third-order valence-electron chi connectivity index (χ3n) is 3.68. The molecule has 1 aromatic heterocycles. The molecule has 0 saturated carbocycles. The van der Waals surface area contributed by atoms with Gasteiger partial charge in [0.05, 0.1) is 0 Å². The van der Waals surface area contributed by atoms with Crippen molar-refractivity contribution in [1.29, 1.82) is 0 Å². The number of carbonyl (C=O) groups excluding carboxylic acids is 1. The van der Waals surface area contributed by atoms with Crippen molar-refractivity contribution in [2.24, 2.45) is 5.73 Å². The van der Waals surface area contributed by atoms with Crippen LogP contribution in [-0.2, 0) is 11.2 Å². The normalized spacial score (nSPS) is 17.3. The largest absolute Gasteiger partial charge is 0.442 e. The van der Waals surface area contributed by atoms with Gasteiger partial charge in [-0.15, -0.1) is 0 Å². The molecule has 1 atom stereocenters. The Morgan fingerprint density at radius 1 is 1.20 bits per heavy atom. The molecule has 1 amide bonds. The lowest BCUT2D eigenvalue weighted by molar-refractivity contribution is 0.0959. The van der Waals surface area contributed by atoms with E-state index in [1.54, 1.807) is 12.4 Å². The van der Waals surface area contributed by atoms with Crippen LogP contribution in [0.4, 0.5) is 4.79 Å². The van der Waals surface area contributed by atoms with Crippen molar-refractivity contribution in [2.45, 2.75) is 25.4 Å². The van der Waals surface area contributed by atoms with Gasteiger partial charge in [0.15, 0.2) is 0 Å². The molecule has 0 bridgehead atoms. The van der Waals surface area contributed by atoms with Crippen molar-refractivity contribution in [1.82, 2.24) is 4.98 Å². The summed E-state index contributed by atoms with van der Waals surface area (Å²) in [7, 11) is 0. The van der Waals surface area contributed by atoms with Gasteiger partial charge in [0.25, 0.3) is 0 Å². The maximum Gasteiger partial charge on any atom is 0.405 e. The summed E-state index contributed by atoms with van der Waals surface area (Å²) in [5.41, 5.74) is 9.68. The van der Waals surface area contributed by atoms with Gasteiger partial charge >= 0.3 is 6.09 Å². The highest BCUT2D eigenvalue weighted by Gasteiger charge is 2.23. The Kier molecular flexibility index (Phi) is 3.37. The number of amides is 1. The molecular formula is C16H16N2O2. The molecule has 1 aliphatic rings. The Labute approximate surface area is 117 Å². The van der Waals surface area contributed by atoms with Crippen LogP contribution in [0, 0.1) is 0 Å². The van der Waals surface area contributed by atoms with E-state index in [0.29, 0.717) is 0 Å². The number of nitrogens with zero attached hydrogens (tertiary/aromatic N) is 1. The fourth-order valence-corrected chi connectivity index (χ4v) is 2.74. The van der Waals surface area contributed by atoms with Crippen molar-refractivity contribution in [3.8, 4) is 11.1 Å². The number of ether oxygens (including phenoxy) is 1. The number of aromatic nitrogens is 1. The van der Waals surface area contributed by atoms with Gasteiger partial charge in [0.2, 0.25) is 0 Å². The fraction of sp³-hybridized carbons (Fsp3) is 0.250. The van der Waals surface area contributed by atoms with Crippen LogP contribution in [0.2, 0.25) is 0 Å². The van der Waals surface area contributed by atoms with Crippen molar-refractivity contribution in [3.05, 3.63) is 53.9 Å². The highest BCUT2D eigenvalue weighted by atomic mass is 16.6. The van der Waals surface area contributed by atoms with E-state index < -0.39 is 6.09 Å². The topological polar surface area (TPSA) is 65.2 Å². The quantitative estimate of drug-likeness (QED) is 0.909. The van der Waals surface area contributed by atoms with Gasteiger partial charge in [-0.1, -0.05) is 12.1 Å². The lowest BCUT2D eigenvalue weighted by Gasteiger charge is -2.25. The molecule has 1 heterocycles. The SMILES string of the molecule is NC(=O)OC1CCCc2ccc(-c3ccncc3)cc21. The Bertz CT molecular complexity index is 626. The first-order valence-electron chi connectivity index (χ1n) is 6.73. The van der Waals surface area contributed by atoms with Gasteiger partial charge in [-0.25, -0.2) is 4.79 Å². The Balaban J connectivity index is 1.99. The minimum absolute atomic E-state index is 0.224. The maximum atomic E-state index is 11.0. The first-order chi connectivity index (χ1) is 9.74. The predicted molar refractivity (Wildman–Crippen MR) is 76.0 cm³/mol. The number of nitrogens with two attached hydrogens (primary N) is 1. The summed E-state index contributed by atoms with van der Waals surface area (Å²) >= 11 is 0. The minimum atomic E-state index is -0.711. The van der Waals surface area contributed by atoms with Crippen molar-refractivity contribution < 1.29 is 9.53 Å². The molecule has 20 heavy (non-hydrogen) atoms. The van der Waals surface area contributed by atoms with Gasteiger partial charge in [0.1, 0.15) is 6.10 Å². The second-order valence-electron chi connectivity index (χ2n) is 4.97. The summed E-state index contributed by atoms with van der Waals surface area (Å²) in [4.78, 5) is 15.1. The number of primary amides is 1. The molecule has 1 aromatic carbocycles. The van der Waals surface area contributed by atoms with Crippen LogP contribution < -0.4 is 5.73 Å². The van der Waals surface area contributed by atoms with E-state index in [4.69, 9.17) is 10.5 Å². The first-order valence-corrected chi connectivity index (χ1v) is 6.73. The third kappa shape index (κ3) is 2.50.